The maximum absolute atomic E-state index is 12.6. The summed E-state index contributed by atoms with van der Waals surface area (Å²) in [5.41, 5.74) is 2.28. The summed E-state index contributed by atoms with van der Waals surface area (Å²) in [5.74, 6) is 2.09. The quantitative estimate of drug-likeness (QED) is 0.159. The molecule has 0 bridgehead atoms. The summed E-state index contributed by atoms with van der Waals surface area (Å²) in [6.07, 6.45) is 6.48. The van der Waals surface area contributed by atoms with Gasteiger partial charge in [0.25, 0.3) is 0 Å². The SMILES string of the molecule is COc1cccc(C(=O)/C=C\Nc2c(/C=C\c3cc(OC)c(OC)c(OC)c3)ccc(OC)c2O)c1. The van der Waals surface area contributed by atoms with E-state index in [0.29, 0.717) is 39.8 Å². The van der Waals surface area contributed by atoms with E-state index in [-0.39, 0.29) is 17.3 Å². The number of carbonyl (C=O) groups excluding carboxylic acids is 1. The fraction of sp³-hybridized carbons (Fsp3) is 0.179. The Morgan fingerprint density at radius 2 is 1.50 bits per heavy atom. The maximum atomic E-state index is 12.6. The number of nitrogens with one attached hydrogen (secondary N) is 1. The zero-order valence-electron chi connectivity index (χ0n) is 20.8. The highest BCUT2D eigenvalue weighted by Crippen LogP contribution is 2.40. The second-order valence-corrected chi connectivity index (χ2v) is 7.45. The molecule has 3 rings (SSSR count). The van der Waals surface area contributed by atoms with Crippen LogP contribution in [0.4, 0.5) is 5.69 Å². The number of anilines is 1. The fourth-order valence-electron chi connectivity index (χ4n) is 3.50. The van der Waals surface area contributed by atoms with Crippen molar-refractivity contribution in [2.24, 2.45) is 0 Å². The van der Waals surface area contributed by atoms with E-state index in [0.717, 1.165) is 5.56 Å². The number of rotatable bonds is 11. The molecular formula is C28H29NO7. The van der Waals surface area contributed by atoms with Gasteiger partial charge in [-0.1, -0.05) is 24.3 Å². The van der Waals surface area contributed by atoms with Crippen molar-refractivity contribution in [2.75, 3.05) is 40.9 Å². The number of carbonyl (C=O) groups is 1. The Morgan fingerprint density at radius 1 is 0.806 bits per heavy atom. The molecule has 0 fully saturated rings. The lowest BCUT2D eigenvalue weighted by Gasteiger charge is -2.13. The monoisotopic (exact) mass is 491 g/mol. The van der Waals surface area contributed by atoms with Gasteiger partial charge < -0.3 is 34.1 Å². The van der Waals surface area contributed by atoms with Gasteiger partial charge in [-0.05, 0) is 42.0 Å². The van der Waals surface area contributed by atoms with E-state index in [2.05, 4.69) is 5.32 Å². The van der Waals surface area contributed by atoms with Crippen molar-refractivity contribution in [3.05, 3.63) is 77.5 Å². The van der Waals surface area contributed by atoms with E-state index in [4.69, 9.17) is 23.7 Å². The van der Waals surface area contributed by atoms with Crippen molar-refractivity contribution in [2.45, 2.75) is 0 Å². The van der Waals surface area contributed by atoms with Crippen molar-refractivity contribution in [3.63, 3.8) is 0 Å². The molecule has 0 amide bonds. The Bertz CT molecular complexity index is 1260. The molecule has 188 valence electrons. The topological polar surface area (TPSA) is 95.5 Å². The molecule has 3 aromatic rings. The van der Waals surface area contributed by atoms with E-state index in [1.54, 1.807) is 83.0 Å². The van der Waals surface area contributed by atoms with Gasteiger partial charge in [0.1, 0.15) is 5.75 Å². The standard InChI is InChI=1S/C28H29NO7/c1-32-21-8-6-7-20(17-21)22(30)13-14-29-26-19(11-12-23(33-2)27(26)31)10-9-18-15-24(34-3)28(36-5)25(16-18)35-4/h6-17,29,31H,1-5H3/b10-9-,14-13-. The zero-order valence-corrected chi connectivity index (χ0v) is 20.8. The van der Waals surface area contributed by atoms with E-state index in [1.807, 2.05) is 6.08 Å². The Kier molecular flexibility index (Phi) is 8.83. The van der Waals surface area contributed by atoms with Crippen molar-refractivity contribution in [3.8, 4) is 34.5 Å². The van der Waals surface area contributed by atoms with Crippen LogP contribution in [0.5, 0.6) is 34.5 Å². The van der Waals surface area contributed by atoms with Crippen LogP contribution in [-0.2, 0) is 0 Å². The van der Waals surface area contributed by atoms with Gasteiger partial charge in [-0.25, -0.2) is 0 Å². The number of ether oxygens (including phenoxy) is 5. The van der Waals surface area contributed by atoms with Gasteiger partial charge in [-0.3, -0.25) is 4.79 Å². The molecule has 0 heterocycles. The number of ketones is 1. The minimum absolute atomic E-state index is 0.0944. The highest BCUT2D eigenvalue weighted by molar-refractivity contribution is 6.05. The zero-order chi connectivity index (χ0) is 26.1. The predicted molar refractivity (Wildman–Crippen MR) is 140 cm³/mol. The first kappa shape index (κ1) is 26.0. The molecule has 0 radical (unpaired) electrons. The minimum atomic E-state index is -0.224. The molecule has 0 aliphatic carbocycles. The number of aromatic hydroxyl groups is 1. The Labute approximate surface area is 210 Å². The van der Waals surface area contributed by atoms with E-state index < -0.39 is 0 Å². The average Bonchev–Trinajstić information content (AvgIpc) is 2.92. The van der Waals surface area contributed by atoms with Gasteiger partial charge in [0.2, 0.25) is 5.75 Å². The minimum Gasteiger partial charge on any atom is -0.503 e. The second-order valence-electron chi connectivity index (χ2n) is 7.45. The molecule has 2 N–H and O–H groups in total. The Balaban J connectivity index is 1.91. The predicted octanol–water partition coefficient (Wildman–Crippen LogP) is 5.41. The number of phenols is 1. The molecule has 0 aliphatic rings. The summed E-state index contributed by atoms with van der Waals surface area (Å²) >= 11 is 0. The van der Waals surface area contributed by atoms with E-state index in [1.165, 1.54) is 19.4 Å². The summed E-state index contributed by atoms with van der Waals surface area (Å²) < 4.78 is 26.6. The molecule has 0 saturated carbocycles. The summed E-state index contributed by atoms with van der Waals surface area (Å²) in [7, 11) is 7.65. The molecule has 0 unspecified atom stereocenters. The molecule has 0 aliphatic heterocycles. The van der Waals surface area contributed by atoms with Crippen molar-refractivity contribution in [1.29, 1.82) is 0 Å². The number of allylic oxidation sites excluding steroid dienone is 1. The lowest BCUT2D eigenvalue weighted by atomic mass is 10.1. The largest absolute Gasteiger partial charge is 0.503 e. The number of benzene rings is 3. The van der Waals surface area contributed by atoms with Gasteiger partial charge in [0, 0.05) is 23.4 Å². The van der Waals surface area contributed by atoms with Crippen LogP contribution in [-0.4, -0.2) is 46.4 Å². The highest BCUT2D eigenvalue weighted by atomic mass is 16.5. The molecule has 0 saturated heterocycles. The first-order chi connectivity index (χ1) is 17.4. The summed E-state index contributed by atoms with van der Waals surface area (Å²) in [5, 5.41) is 13.7. The van der Waals surface area contributed by atoms with Crippen LogP contribution >= 0.6 is 0 Å². The van der Waals surface area contributed by atoms with Gasteiger partial charge in [0.15, 0.2) is 28.8 Å². The van der Waals surface area contributed by atoms with Crippen molar-refractivity contribution >= 4 is 23.6 Å². The van der Waals surface area contributed by atoms with E-state index >= 15 is 0 Å². The third-order valence-electron chi connectivity index (χ3n) is 5.35. The highest BCUT2D eigenvalue weighted by Gasteiger charge is 2.14. The van der Waals surface area contributed by atoms with Crippen molar-refractivity contribution < 1.29 is 33.6 Å². The van der Waals surface area contributed by atoms with Crippen molar-refractivity contribution in [1.82, 2.24) is 0 Å². The lowest BCUT2D eigenvalue weighted by Crippen LogP contribution is -1.99. The average molecular weight is 492 g/mol. The summed E-state index contributed by atoms with van der Waals surface area (Å²) in [4.78, 5) is 12.6. The Morgan fingerprint density at radius 3 is 2.11 bits per heavy atom. The van der Waals surface area contributed by atoms with Gasteiger partial charge in [0.05, 0.1) is 41.2 Å². The van der Waals surface area contributed by atoms with Gasteiger partial charge in [-0.15, -0.1) is 0 Å². The first-order valence-electron chi connectivity index (χ1n) is 10.9. The molecular weight excluding hydrogens is 462 g/mol. The van der Waals surface area contributed by atoms with Crippen LogP contribution in [0.15, 0.2) is 60.8 Å². The van der Waals surface area contributed by atoms with Crippen LogP contribution in [0.1, 0.15) is 21.5 Å². The first-order valence-corrected chi connectivity index (χ1v) is 10.9. The normalized spacial score (nSPS) is 10.9. The molecule has 3 aromatic carbocycles. The second kappa shape index (κ2) is 12.2. The lowest BCUT2D eigenvalue weighted by molar-refractivity contribution is 0.104. The fourth-order valence-corrected chi connectivity index (χ4v) is 3.50. The number of hydrogen-bond acceptors (Lipinski definition) is 8. The van der Waals surface area contributed by atoms with Crippen LogP contribution < -0.4 is 29.0 Å². The molecule has 0 atom stereocenters. The number of methoxy groups -OCH3 is 5. The van der Waals surface area contributed by atoms with Crippen LogP contribution in [0.2, 0.25) is 0 Å². The number of hydrogen-bond donors (Lipinski definition) is 2. The van der Waals surface area contributed by atoms with Crippen LogP contribution in [0.3, 0.4) is 0 Å². The summed E-state index contributed by atoms with van der Waals surface area (Å²) in [6, 6.07) is 13.9. The third kappa shape index (κ3) is 5.90. The third-order valence-corrected chi connectivity index (χ3v) is 5.35. The van der Waals surface area contributed by atoms with Crippen LogP contribution in [0, 0.1) is 0 Å². The smallest absolute Gasteiger partial charge is 0.203 e. The molecule has 36 heavy (non-hydrogen) atoms. The molecule has 8 nitrogen and oxygen atoms in total. The molecule has 0 aromatic heterocycles. The van der Waals surface area contributed by atoms with Gasteiger partial charge >= 0.3 is 0 Å². The van der Waals surface area contributed by atoms with Crippen LogP contribution in [0.25, 0.3) is 12.2 Å². The molecule has 8 heteroatoms. The van der Waals surface area contributed by atoms with E-state index in [9.17, 15) is 9.90 Å². The maximum Gasteiger partial charge on any atom is 0.203 e. The Hall–Kier alpha value is -4.59. The number of phenolic OH excluding ortho intramolecular Hbond substituents is 1. The van der Waals surface area contributed by atoms with Gasteiger partial charge in [-0.2, -0.15) is 0 Å². The molecule has 0 spiro atoms. The summed E-state index contributed by atoms with van der Waals surface area (Å²) in [6.45, 7) is 0.